The van der Waals surface area contributed by atoms with E-state index in [9.17, 15) is 4.79 Å². The minimum Gasteiger partial charge on any atom is -0.354 e. The summed E-state index contributed by atoms with van der Waals surface area (Å²) in [6.45, 7) is 4.58. The van der Waals surface area contributed by atoms with Gasteiger partial charge in [0.25, 0.3) is 0 Å². The fraction of sp³-hybridized carbons (Fsp3) is 0.900. The Balaban J connectivity index is 1.75. The molecule has 2 saturated heterocycles. The quantitative estimate of drug-likeness (QED) is 0.631. The number of nitrogens with one attached hydrogen (secondary N) is 2. The lowest BCUT2D eigenvalue weighted by atomic mass is 10.0. The Morgan fingerprint density at radius 3 is 3.00 bits per heavy atom. The van der Waals surface area contributed by atoms with E-state index >= 15 is 0 Å². The Hall–Kier alpha value is -0.610. The van der Waals surface area contributed by atoms with Gasteiger partial charge >= 0.3 is 0 Å². The van der Waals surface area contributed by atoms with Gasteiger partial charge in [-0.1, -0.05) is 6.42 Å². The lowest BCUT2D eigenvalue weighted by molar-refractivity contribution is -0.124. The van der Waals surface area contributed by atoms with Gasteiger partial charge in [0.2, 0.25) is 5.91 Å². The maximum atomic E-state index is 11.1. The molecule has 0 saturated carbocycles. The largest absolute Gasteiger partial charge is 0.354 e. The van der Waals surface area contributed by atoms with E-state index < -0.39 is 0 Å². The summed E-state index contributed by atoms with van der Waals surface area (Å²) in [7, 11) is 0. The van der Waals surface area contributed by atoms with Gasteiger partial charge in [0.1, 0.15) is 0 Å². The minimum atomic E-state index is 0.173. The number of rotatable bonds is 2. The van der Waals surface area contributed by atoms with Crippen molar-refractivity contribution >= 4 is 5.91 Å². The van der Waals surface area contributed by atoms with E-state index in [0.717, 1.165) is 26.2 Å². The Bertz CT molecular complexity index is 202. The van der Waals surface area contributed by atoms with Gasteiger partial charge in [-0.25, -0.2) is 0 Å². The molecule has 0 aromatic heterocycles. The zero-order valence-corrected chi connectivity index (χ0v) is 8.59. The third-order valence-electron chi connectivity index (χ3n) is 3.01. The molecular formula is C10H19N3O. The minimum absolute atomic E-state index is 0.173. The maximum Gasteiger partial charge on any atom is 0.234 e. The van der Waals surface area contributed by atoms with Crippen molar-refractivity contribution in [2.45, 2.75) is 25.3 Å². The number of amides is 1. The average molecular weight is 197 g/mol. The van der Waals surface area contributed by atoms with Crippen LogP contribution in [0.25, 0.3) is 0 Å². The summed E-state index contributed by atoms with van der Waals surface area (Å²) >= 11 is 0. The molecule has 0 unspecified atom stereocenters. The van der Waals surface area contributed by atoms with Crippen LogP contribution in [0, 0.1) is 0 Å². The van der Waals surface area contributed by atoms with Crippen molar-refractivity contribution in [1.82, 2.24) is 15.5 Å². The predicted octanol–water partition coefficient (Wildman–Crippen LogP) is -0.440. The van der Waals surface area contributed by atoms with Gasteiger partial charge in [0.15, 0.2) is 0 Å². The maximum absolute atomic E-state index is 11.1. The molecule has 2 aliphatic rings. The molecular weight excluding hydrogens is 178 g/mol. The SMILES string of the molecule is O=C1CN(C[C@H]2CCCCN2)CCN1. The summed E-state index contributed by atoms with van der Waals surface area (Å²) in [5.74, 6) is 0.173. The van der Waals surface area contributed by atoms with Crippen LogP contribution in [-0.2, 0) is 4.79 Å². The van der Waals surface area contributed by atoms with Crippen LogP contribution in [-0.4, -0.2) is 49.6 Å². The first-order valence-electron chi connectivity index (χ1n) is 5.57. The van der Waals surface area contributed by atoms with Crippen LogP contribution in [0.3, 0.4) is 0 Å². The zero-order chi connectivity index (χ0) is 9.80. The molecule has 1 amide bonds. The first-order valence-corrected chi connectivity index (χ1v) is 5.57. The monoisotopic (exact) mass is 197 g/mol. The lowest BCUT2D eigenvalue weighted by Gasteiger charge is -2.32. The van der Waals surface area contributed by atoms with Gasteiger partial charge in [0.05, 0.1) is 6.54 Å². The summed E-state index contributed by atoms with van der Waals surface area (Å²) < 4.78 is 0. The number of piperazine rings is 1. The second kappa shape index (κ2) is 4.75. The number of carbonyl (C=O) groups excluding carboxylic acids is 1. The molecule has 2 heterocycles. The molecule has 0 aliphatic carbocycles. The van der Waals surface area contributed by atoms with E-state index in [4.69, 9.17) is 0 Å². The van der Waals surface area contributed by atoms with E-state index in [0.29, 0.717) is 12.6 Å². The molecule has 2 fully saturated rings. The number of nitrogens with zero attached hydrogens (tertiary/aromatic N) is 1. The molecule has 0 bridgehead atoms. The fourth-order valence-corrected chi connectivity index (χ4v) is 2.24. The smallest absolute Gasteiger partial charge is 0.234 e. The van der Waals surface area contributed by atoms with Crippen LogP contribution in [0.1, 0.15) is 19.3 Å². The zero-order valence-electron chi connectivity index (χ0n) is 8.59. The summed E-state index contributed by atoms with van der Waals surface area (Å²) in [5, 5.41) is 6.36. The van der Waals surface area contributed by atoms with Crippen LogP contribution in [0.4, 0.5) is 0 Å². The molecule has 2 aliphatic heterocycles. The van der Waals surface area contributed by atoms with E-state index in [1.54, 1.807) is 0 Å². The van der Waals surface area contributed by atoms with E-state index in [-0.39, 0.29) is 5.91 Å². The van der Waals surface area contributed by atoms with Crippen molar-refractivity contribution in [3.05, 3.63) is 0 Å². The topological polar surface area (TPSA) is 44.4 Å². The van der Waals surface area contributed by atoms with Crippen molar-refractivity contribution in [3.63, 3.8) is 0 Å². The van der Waals surface area contributed by atoms with Crippen LogP contribution in [0.2, 0.25) is 0 Å². The van der Waals surface area contributed by atoms with Crippen LogP contribution in [0.15, 0.2) is 0 Å². The lowest BCUT2D eigenvalue weighted by Crippen LogP contribution is -2.52. The molecule has 0 radical (unpaired) electrons. The molecule has 0 aromatic rings. The number of hydrogen-bond acceptors (Lipinski definition) is 3. The van der Waals surface area contributed by atoms with Crippen LogP contribution in [0.5, 0.6) is 0 Å². The number of hydrogen-bond donors (Lipinski definition) is 2. The Kier molecular flexibility index (Phi) is 3.37. The summed E-state index contributed by atoms with van der Waals surface area (Å²) in [6.07, 6.45) is 3.90. The van der Waals surface area contributed by atoms with Gasteiger partial charge in [-0.2, -0.15) is 0 Å². The Labute approximate surface area is 85.0 Å². The predicted molar refractivity (Wildman–Crippen MR) is 55.1 cm³/mol. The highest BCUT2D eigenvalue weighted by Crippen LogP contribution is 2.08. The van der Waals surface area contributed by atoms with Crippen molar-refractivity contribution in [2.24, 2.45) is 0 Å². The normalized spacial score (nSPS) is 30.0. The average Bonchev–Trinajstić information content (AvgIpc) is 2.19. The van der Waals surface area contributed by atoms with Gasteiger partial charge in [-0.15, -0.1) is 0 Å². The van der Waals surface area contributed by atoms with Crippen molar-refractivity contribution in [2.75, 3.05) is 32.7 Å². The molecule has 0 spiro atoms. The number of carbonyl (C=O) groups is 1. The first-order chi connectivity index (χ1) is 6.84. The van der Waals surface area contributed by atoms with Crippen molar-refractivity contribution < 1.29 is 4.79 Å². The highest BCUT2D eigenvalue weighted by atomic mass is 16.2. The summed E-state index contributed by atoms with van der Waals surface area (Å²) in [4.78, 5) is 13.4. The second-order valence-corrected chi connectivity index (χ2v) is 4.23. The molecule has 14 heavy (non-hydrogen) atoms. The highest BCUT2D eigenvalue weighted by Gasteiger charge is 2.20. The van der Waals surface area contributed by atoms with E-state index in [1.807, 2.05) is 0 Å². The third-order valence-corrected chi connectivity index (χ3v) is 3.01. The van der Waals surface area contributed by atoms with Crippen LogP contribution >= 0.6 is 0 Å². The van der Waals surface area contributed by atoms with Gasteiger partial charge in [-0.3, -0.25) is 9.69 Å². The summed E-state index contributed by atoms with van der Waals surface area (Å²) in [5.41, 5.74) is 0. The van der Waals surface area contributed by atoms with Gasteiger partial charge < -0.3 is 10.6 Å². The fourth-order valence-electron chi connectivity index (χ4n) is 2.24. The molecule has 0 aromatic carbocycles. The molecule has 4 heteroatoms. The number of piperidine rings is 1. The van der Waals surface area contributed by atoms with Crippen molar-refractivity contribution in [3.8, 4) is 0 Å². The Morgan fingerprint density at radius 2 is 2.29 bits per heavy atom. The second-order valence-electron chi connectivity index (χ2n) is 4.23. The van der Waals surface area contributed by atoms with E-state index in [1.165, 1.54) is 19.3 Å². The standard InChI is InChI=1S/C10H19N3O/c14-10-8-13(6-5-12-10)7-9-3-1-2-4-11-9/h9,11H,1-8H2,(H,12,14)/t9-/m1/s1. The third kappa shape index (κ3) is 2.69. The van der Waals surface area contributed by atoms with Gasteiger partial charge in [0, 0.05) is 25.7 Å². The van der Waals surface area contributed by atoms with E-state index in [2.05, 4.69) is 15.5 Å². The van der Waals surface area contributed by atoms with Crippen LogP contribution < -0.4 is 10.6 Å². The molecule has 2 rings (SSSR count). The molecule has 1 atom stereocenters. The van der Waals surface area contributed by atoms with Crippen molar-refractivity contribution in [1.29, 1.82) is 0 Å². The molecule has 2 N–H and O–H groups in total. The highest BCUT2D eigenvalue weighted by molar-refractivity contribution is 5.78. The first kappa shape index (κ1) is 9.93. The summed E-state index contributed by atoms with van der Waals surface area (Å²) in [6, 6.07) is 0.606. The molecule has 80 valence electrons. The van der Waals surface area contributed by atoms with Gasteiger partial charge in [-0.05, 0) is 19.4 Å². The molecule has 4 nitrogen and oxygen atoms in total. The Morgan fingerprint density at radius 1 is 1.36 bits per heavy atom.